The molecule has 0 saturated carbocycles. The lowest BCUT2D eigenvalue weighted by Gasteiger charge is -2.09. The molecule has 2 aromatic carbocycles. The van der Waals surface area contributed by atoms with E-state index in [-0.39, 0.29) is 17.4 Å². The average Bonchev–Trinajstić information content (AvgIpc) is 3.31. The zero-order valence-corrected chi connectivity index (χ0v) is 16.1. The first-order chi connectivity index (χ1) is 13.5. The predicted octanol–water partition coefficient (Wildman–Crippen LogP) is 2.59. The van der Waals surface area contributed by atoms with E-state index in [0.29, 0.717) is 13.0 Å². The topological polar surface area (TPSA) is 81.1 Å². The highest BCUT2D eigenvalue weighted by Gasteiger charge is 2.32. The van der Waals surface area contributed by atoms with Gasteiger partial charge in [0.1, 0.15) is 0 Å². The van der Waals surface area contributed by atoms with Gasteiger partial charge in [0.05, 0.1) is 28.8 Å². The van der Waals surface area contributed by atoms with E-state index < -0.39 is 15.8 Å². The van der Waals surface area contributed by atoms with Crippen LogP contribution in [0.3, 0.4) is 0 Å². The Morgan fingerprint density at radius 3 is 2.39 bits per heavy atom. The molecule has 1 amide bonds. The Kier molecular flexibility index (Phi) is 5.00. The molecule has 1 atom stereocenters. The van der Waals surface area contributed by atoms with Gasteiger partial charge < -0.3 is 5.32 Å². The minimum atomic E-state index is -3.08. The normalized spacial score (nSPS) is 18.1. The molecule has 0 radical (unpaired) electrons. The van der Waals surface area contributed by atoms with E-state index in [9.17, 15) is 13.2 Å². The van der Waals surface area contributed by atoms with Crippen molar-refractivity contribution in [1.29, 1.82) is 0 Å². The van der Waals surface area contributed by atoms with Gasteiger partial charge in [-0.05, 0) is 18.6 Å². The van der Waals surface area contributed by atoms with Gasteiger partial charge in [0.2, 0.25) is 5.91 Å². The fraction of sp³-hybridized carbons (Fsp3) is 0.238. The minimum absolute atomic E-state index is 0.0619. The van der Waals surface area contributed by atoms with Gasteiger partial charge in [-0.3, -0.25) is 4.79 Å². The number of benzene rings is 2. The van der Waals surface area contributed by atoms with Crippen molar-refractivity contribution < 1.29 is 13.2 Å². The van der Waals surface area contributed by atoms with Gasteiger partial charge >= 0.3 is 0 Å². The summed E-state index contributed by atoms with van der Waals surface area (Å²) in [5.74, 6) is -0.651. The van der Waals surface area contributed by atoms with Gasteiger partial charge in [0.25, 0.3) is 0 Å². The smallest absolute Gasteiger partial charge is 0.224 e. The molecule has 1 N–H and O–H groups in total. The van der Waals surface area contributed by atoms with E-state index in [4.69, 9.17) is 5.10 Å². The Labute approximate surface area is 164 Å². The SMILES string of the molecule is O=C(NCc1cn(-c2ccccc2)nc1-c1ccccc1)C1CCS(=O)(=O)C1. The van der Waals surface area contributed by atoms with Crippen LogP contribution >= 0.6 is 0 Å². The molecule has 1 saturated heterocycles. The van der Waals surface area contributed by atoms with Crippen LogP contribution in [-0.4, -0.2) is 35.6 Å². The number of amides is 1. The number of hydrogen-bond acceptors (Lipinski definition) is 4. The number of rotatable bonds is 5. The number of sulfone groups is 1. The van der Waals surface area contributed by atoms with Gasteiger partial charge in [-0.25, -0.2) is 13.1 Å². The van der Waals surface area contributed by atoms with E-state index in [0.717, 1.165) is 22.5 Å². The number of nitrogens with one attached hydrogen (secondary N) is 1. The summed E-state index contributed by atoms with van der Waals surface area (Å²) in [4.78, 5) is 12.4. The maximum absolute atomic E-state index is 12.4. The van der Waals surface area contributed by atoms with Crippen molar-refractivity contribution in [2.45, 2.75) is 13.0 Å². The molecule has 0 aliphatic carbocycles. The second-order valence-corrected chi connectivity index (χ2v) is 9.20. The molecule has 6 nitrogen and oxygen atoms in total. The van der Waals surface area contributed by atoms with Crippen LogP contribution in [0.5, 0.6) is 0 Å². The number of aromatic nitrogens is 2. The maximum atomic E-state index is 12.4. The fourth-order valence-electron chi connectivity index (χ4n) is 3.42. The van der Waals surface area contributed by atoms with Crippen LogP contribution in [0.4, 0.5) is 0 Å². The second kappa shape index (κ2) is 7.59. The van der Waals surface area contributed by atoms with Crippen LogP contribution in [0.2, 0.25) is 0 Å². The largest absolute Gasteiger partial charge is 0.352 e. The van der Waals surface area contributed by atoms with Crippen molar-refractivity contribution in [3.05, 3.63) is 72.4 Å². The molecule has 144 valence electrons. The van der Waals surface area contributed by atoms with Gasteiger partial charge in [-0.1, -0.05) is 48.5 Å². The zero-order chi connectivity index (χ0) is 19.6. The second-order valence-electron chi connectivity index (χ2n) is 6.97. The number of para-hydroxylation sites is 1. The summed E-state index contributed by atoms with van der Waals surface area (Å²) in [7, 11) is -3.08. The molecule has 0 bridgehead atoms. The third kappa shape index (κ3) is 3.99. The van der Waals surface area contributed by atoms with Gasteiger partial charge in [0.15, 0.2) is 9.84 Å². The average molecular weight is 395 g/mol. The van der Waals surface area contributed by atoms with Crippen molar-refractivity contribution in [2.24, 2.45) is 5.92 Å². The van der Waals surface area contributed by atoms with Crippen LogP contribution in [-0.2, 0) is 21.2 Å². The van der Waals surface area contributed by atoms with E-state index >= 15 is 0 Å². The van der Waals surface area contributed by atoms with Gasteiger partial charge in [-0.15, -0.1) is 0 Å². The Hall–Kier alpha value is -2.93. The summed E-state index contributed by atoms with van der Waals surface area (Å²) < 4.78 is 25.0. The van der Waals surface area contributed by atoms with Crippen LogP contribution in [0.15, 0.2) is 66.9 Å². The van der Waals surface area contributed by atoms with Crippen molar-refractivity contribution >= 4 is 15.7 Å². The Morgan fingerprint density at radius 1 is 1.07 bits per heavy atom. The van der Waals surface area contributed by atoms with E-state index in [2.05, 4.69) is 5.32 Å². The predicted molar refractivity (Wildman–Crippen MR) is 108 cm³/mol. The van der Waals surface area contributed by atoms with E-state index in [1.54, 1.807) is 4.68 Å². The first kappa shape index (κ1) is 18.4. The van der Waals surface area contributed by atoms with Crippen LogP contribution in [0, 0.1) is 5.92 Å². The fourth-order valence-corrected chi connectivity index (χ4v) is 5.16. The lowest BCUT2D eigenvalue weighted by Crippen LogP contribution is -2.31. The Balaban J connectivity index is 1.58. The summed E-state index contributed by atoms with van der Waals surface area (Å²) >= 11 is 0. The van der Waals surface area contributed by atoms with Gasteiger partial charge in [0, 0.05) is 23.9 Å². The van der Waals surface area contributed by atoms with Crippen molar-refractivity contribution in [3.63, 3.8) is 0 Å². The highest BCUT2D eigenvalue weighted by molar-refractivity contribution is 7.91. The molecule has 3 aromatic rings. The first-order valence-corrected chi connectivity index (χ1v) is 11.0. The molecule has 7 heteroatoms. The number of carbonyl (C=O) groups excluding carboxylic acids is 1. The van der Waals surface area contributed by atoms with Crippen LogP contribution in [0.25, 0.3) is 16.9 Å². The highest BCUT2D eigenvalue weighted by atomic mass is 32.2. The lowest BCUT2D eigenvalue weighted by atomic mass is 10.1. The standard InChI is InChI=1S/C21H21N3O3S/c25-21(17-11-12-28(26,27)15-17)22-13-18-14-24(19-9-5-2-6-10-19)23-20(18)16-7-3-1-4-8-16/h1-10,14,17H,11-13,15H2,(H,22,25). The third-order valence-corrected chi connectivity index (χ3v) is 6.68. The molecule has 1 fully saturated rings. The summed E-state index contributed by atoms with van der Waals surface area (Å²) in [5, 5.41) is 7.62. The van der Waals surface area contributed by atoms with Crippen LogP contribution in [0.1, 0.15) is 12.0 Å². The monoisotopic (exact) mass is 395 g/mol. The minimum Gasteiger partial charge on any atom is -0.352 e. The molecule has 1 aliphatic rings. The summed E-state index contributed by atoms with van der Waals surface area (Å²) in [6.07, 6.45) is 2.30. The first-order valence-electron chi connectivity index (χ1n) is 9.19. The third-order valence-electron chi connectivity index (χ3n) is 4.91. The van der Waals surface area contributed by atoms with Crippen LogP contribution < -0.4 is 5.32 Å². The molecular weight excluding hydrogens is 374 g/mol. The molecule has 1 aliphatic heterocycles. The molecule has 2 heterocycles. The van der Waals surface area contributed by atoms with Crippen molar-refractivity contribution in [3.8, 4) is 16.9 Å². The summed E-state index contributed by atoms with van der Waals surface area (Å²) in [5.41, 5.74) is 3.57. The van der Waals surface area contributed by atoms with E-state index in [1.807, 2.05) is 66.9 Å². The molecule has 1 unspecified atom stereocenters. The molecule has 28 heavy (non-hydrogen) atoms. The maximum Gasteiger partial charge on any atom is 0.224 e. The lowest BCUT2D eigenvalue weighted by molar-refractivity contribution is -0.124. The molecule has 0 spiro atoms. The number of nitrogens with zero attached hydrogens (tertiary/aromatic N) is 2. The Morgan fingerprint density at radius 2 is 1.75 bits per heavy atom. The quantitative estimate of drug-likeness (QED) is 0.720. The number of carbonyl (C=O) groups is 1. The summed E-state index contributed by atoms with van der Waals surface area (Å²) in [6, 6.07) is 19.6. The Bertz CT molecular complexity index is 1080. The van der Waals surface area contributed by atoms with Crippen molar-refractivity contribution in [2.75, 3.05) is 11.5 Å². The molecule has 1 aromatic heterocycles. The zero-order valence-electron chi connectivity index (χ0n) is 15.3. The summed E-state index contributed by atoms with van der Waals surface area (Å²) in [6.45, 7) is 0.298. The number of hydrogen-bond donors (Lipinski definition) is 1. The molecular formula is C21H21N3O3S. The van der Waals surface area contributed by atoms with Crippen molar-refractivity contribution in [1.82, 2.24) is 15.1 Å². The highest BCUT2D eigenvalue weighted by Crippen LogP contribution is 2.24. The van der Waals surface area contributed by atoms with Gasteiger partial charge in [-0.2, -0.15) is 5.10 Å². The van der Waals surface area contributed by atoms with E-state index in [1.165, 1.54) is 0 Å². The molecule has 4 rings (SSSR count).